The topological polar surface area (TPSA) is 264 Å². The van der Waals surface area contributed by atoms with E-state index in [1.165, 1.54) is 51.1 Å². The Bertz CT molecular complexity index is 1910. The second-order valence-corrected chi connectivity index (χ2v) is 10.3. The number of anilines is 4. The minimum Gasteiger partial charge on any atom is -0.399 e. The second-order valence-electron chi connectivity index (χ2n) is 10.3. The summed E-state index contributed by atoms with van der Waals surface area (Å²) < 4.78 is 0. The van der Waals surface area contributed by atoms with Gasteiger partial charge in [0.1, 0.15) is 19.6 Å². The third kappa shape index (κ3) is 7.27. The van der Waals surface area contributed by atoms with Gasteiger partial charge in [-0.05, 0) is 47.0 Å². The van der Waals surface area contributed by atoms with Gasteiger partial charge in [-0.25, -0.2) is 0 Å². The summed E-state index contributed by atoms with van der Waals surface area (Å²) in [4.78, 5) is 69.5. The molecule has 47 heavy (non-hydrogen) atoms. The van der Waals surface area contributed by atoms with E-state index in [2.05, 4.69) is 0 Å². The molecule has 0 spiro atoms. The maximum Gasteiger partial charge on any atom is 0.269 e. The molecule has 0 fully saturated rings. The number of benzene rings is 3. The molecule has 4 amide bonds. The summed E-state index contributed by atoms with van der Waals surface area (Å²) in [7, 11) is 0. The summed E-state index contributed by atoms with van der Waals surface area (Å²) in [5.74, 6) is -1.13. The number of nitro groups is 2. The molecule has 0 aromatic heterocycles. The first kappa shape index (κ1) is 33.0. The summed E-state index contributed by atoms with van der Waals surface area (Å²) in [5.41, 5.74) is 15.1. The maximum absolute atomic E-state index is 11.6. The normalized spacial score (nSPS) is 13.7. The number of fused-ring (bicyclic) bond motifs is 3. The first-order valence-electron chi connectivity index (χ1n) is 13.7. The van der Waals surface area contributed by atoms with Crippen molar-refractivity contribution in [3.63, 3.8) is 0 Å². The molecule has 0 saturated heterocycles. The fourth-order valence-electron chi connectivity index (χ4n) is 5.19. The molecule has 0 atom stereocenters. The number of primary amides is 1. The number of amides is 4. The van der Waals surface area contributed by atoms with Gasteiger partial charge in [-0.2, -0.15) is 10.5 Å². The lowest BCUT2D eigenvalue weighted by atomic mass is 10.1. The minimum absolute atomic E-state index is 0.0242. The van der Waals surface area contributed by atoms with Crippen molar-refractivity contribution >= 4 is 57.8 Å². The lowest BCUT2D eigenvalue weighted by Crippen LogP contribution is -2.35. The van der Waals surface area contributed by atoms with E-state index in [0.29, 0.717) is 34.6 Å². The van der Waals surface area contributed by atoms with Crippen molar-refractivity contribution < 1.29 is 29.0 Å². The van der Waals surface area contributed by atoms with Crippen molar-refractivity contribution in [2.24, 2.45) is 5.73 Å². The molecule has 3 aliphatic heterocycles. The van der Waals surface area contributed by atoms with Crippen LogP contribution >= 0.6 is 0 Å². The van der Waals surface area contributed by atoms with Gasteiger partial charge >= 0.3 is 0 Å². The Morgan fingerprint density at radius 3 is 1.49 bits per heavy atom. The van der Waals surface area contributed by atoms with Crippen molar-refractivity contribution in [1.82, 2.24) is 0 Å². The zero-order valence-corrected chi connectivity index (χ0v) is 24.5. The molecular weight excluding hydrogens is 614 g/mol. The predicted molar refractivity (Wildman–Crippen MR) is 166 cm³/mol. The van der Waals surface area contributed by atoms with E-state index in [1.54, 1.807) is 18.2 Å². The quantitative estimate of drug-likeness (QED) is 0.169. The van der Waals surface area contributed by atoms with Gasteiger partial charge in [0, 0.05) is 47.0 Å². The van der Waals surface area contributed by atoms with Crippen LogP contribution in [0.2, 0.25) is 0 Å². The van der Waals surface area contributed by atoms with Crippen molar-refractivity contribution in [3.05, 3.63) is 91.5 Å². The predicted octanol–water partition coefficient (Wildman–Crippen LogP) is 1.66. The Balaban J connectivity index is 0.000000160. The van der Waals surface area contributed by atoms with Gasteiger partial charge in [0.2, 0.25) is 23.6 Å². The number of hydrogen-bond donors (Lipinski definition) is 2. The second kappa shape index (κ2) is 13.8. The van der Waals surface area contributed by atoms with Gasteiger partial charge in [-0.3, -0.25) is 49.2 Å². The molecule has 3 aromatic rings. The molecule has 0 unspecified atom stereocenters. The number of carbonyl (C=O) groups excluding carboxylic acids is 4. The monoisotopic (exact) mass is 639 g/mol. The van der Waals surface area contributed by atoms with E-state index in [0.717, 1.165) is 11.3 Å². The molecule has 3 aliphatic rings. The molecule has 238 valence electrons. The maximum atomic E-state index is 11.6. The highest BCUT2D eigenvalue weighted by atomic mass is 16.6. The van der Waals surface area contributed by atoms with Gasteiger partial charge in [-0.15, -0.1) is 0 Å². The molecular formula is C30H25N9O8. The number of hydrogen-bond acceptors (Lipinski definition) is 11. The first-order chi connectivity index (χ1) is 22.3. The Labute approximate surface area is 266 Å². The molecule has 4 N–H and O–H groups in total. The SMILES string of the molecule is N#CCN1C(=O)Cc2cc(N)ccc21.N#CCN1C(=O)Cc2cc([N+](=O)[O-])ccc21.NC(=O)CN1C(=O)Cc2cc([N+](=O)[O-])ccc21. The van der Waals surface area contributed by atoms with Crippen LogP contribution in [0.4, 0.5) is 34.1 Å². The number of nitro benzene ring substituents is 2. The fraction of sp³-hybridized carbons (Fsp3) is 0.200. The third-order valence-electron chi connectivity index (χ3n) is 7.22. The van der Waals surface area contributed by atoms with Gasteiger partial charge in [0.15, 0.2) is 0 Å². The van der Waals surface area contributed by atoms with Crippen molar-refractivity contribution in [2.75, 3.05) is 40.1 Å². The van der Waals surface area contributed by atoms with Crippen LogP contribution in [0.5, 0.6) is 0 Å². The fourth-order valence-corrected chi connectivity index (χ4v) is 5.19. The summed E-state index contributed by atoms with van der Waals surface area (Å²) >= 11 is 0. The number of rotatable bonds is 6. The number of nitrogen functional groups attached to an aromatic ring is 1. The molecule has 3 aromatic carbocycles. The van der Waals surface area contributed by atoms with Crippen molar-refractivity contribution in [2.45, 2.75) is 19.3 Å². The zero-order valence-electron chi connectivity index (χ0n) is 24.5. The smallest absolute Gasteiger partial charge is 0.269 e. The van der Waals surface area contributed by atoms with Crippen LogP contribution in [0.25, 0.3) is 0 Å². The van der Waals surface area contributed by atoms with E-state index in [1.807, 2.05) is 12.1 Å². The molecule has 0 saturated carbocycles. The Kier molecular flexibility index (Phi) is 9.71. The van der Waals surface area contributed by atoms with Crippen molar-refractivity contribution in [1.29, 1.82) is 10.5 Å². The average molecular weight is 640 g/mol. The number of nitriles is 2. The highest BCUT2D eigenvalue weighted by Gasteiger charge is 2.30. The molecule has 0 aliphatic carbocycles. The molecule has 17 nitrogen and oxygen atoms in total. The first-order valence-corrected chi connectivity index (χ1v) is 13.7. The number of nitrogens with zero attached hydrogens (tertiary/aromatic N) is 7. The van der Waals surface area contributed by atoms with E-state index >= 15 is 0 Å². The summed E-state index contributed by atoms with van der Waals surface area (Å²) in [6, 6.07) is 17.5. The van der Waals surface area contributed by atoms with E-state index < -0.39 is 15.8 Å². The lowest BCUT2D eigenvalue weighted by Gasteiger charge is -2.14. The van der Waals surface area contributed by atoms with Crippen LogP contribution in [-0.4, -0.2) is 53.1 Å². The van der Waals surface area contributed by atoms with Crippen molar-refractivity contribution in [3.8, 4) is 12.1 Å². The number of non-ortho nitro benzene ring substituents is 2. The van der Waals surface area contributed by atoms with Gasteiger partial charge < -0.3 is 16.4 Å². The van der Waals surface area contributed by atoms with Crippen LogP contribution in [0.1, 0.15) is 16.7 Å². The zero-order chi connectivity index (χ0) is 34.4. The number of carbonyl (C=O) groups is 4. The van der Waals surface area contributed by atoms with E-state index in [-0.39, 0.29) is 61.6 Å². The van der Waals surface area contributed by atoms with E-state index in [4.69, 9.17) is 22.0 Å². The molecule has 0 radical (unpaired) electrons. The molecule has 6 rings (SSSR count). The van der Waals surface area contributed by atoms with Gasteiger partial charge in [0.05, 0.1) is 41.2 Å². The summed E-state index contributed by atoms with van der Waals surface area (Å²) in [6.45, 7) is -0.122. The standard InChI is InChI=1S/C10H9N3O4.C10H7N3O3.C10H9N3O/c11-9(14)5-12-8-2-1-7(13(16)17)3-6(8)4-10(12)15;11-3-4-12-9-2-1-8(13(15)16)5-7(9)6-10(12)14;11-3-4-13-9-2-1-8(12)5-7(9)6-10(13)14/h1-3H,4-5H2,(H2,11,14);1-2,5H,4,6H2;1-2,5H,4,6,12H2. The molecule has 17 heteroatoms. The average Bonchev–Trinajstić information content (AvgIpc) is 3.62. The number of nitrogens with two attached hydrogens (primary N) is 2. The van der Waals surface area contributed by atoms with Crippen LogP contribution in [-0.2, 0) is 38.4 Å². The van der Waals surface area contributed by atoms with E-state index in [9.17, 15) is 39.4 Å². The Morgan fingerprint density at radius 2 is 1.09 bits per heavy atom. The third-order valence-corrected chi connectivity index (χ3v) is 7.22. The lowest BCUT2D eigenvalue weighted by molar-refractivity contribution is -0.385. The Morgan fingerprint density at radius 1 is 0.702 bits per heavy atom. The molecule has 3 heterocycles. The van der Waals surface area contributed by atoms with Crippen LogP contribution < -0.4 is 26.2 Å². The van der Waals surface area contributed by atoms with Gasteiger partial charge in [-0.1, -0.05) is 0 Å². The molecule has 0 bridgehead atoms. The van der Waals surface area contributed by atoms with Crippen LogP contribution in [0, 0.1) is 42.9 Å². The van der Waals surface area contributed by atoms with Crippen LogP contribution in [0.15, 0.2) is 54.6 Å². The highest BCUT2D eigenvalue weighted by molar-refractivity contribution is 6.05. The van der Waals surface area contributed by atoms with Gasteiger partial charge in [0.25, 0.3) is 11.4 Å². The summed E-state index contributed by atoms with van der Waals surface area (Å²) in [5, 5.41) is 38.2. The Hall–Kier alpha value is -6.88. The highest BCUT2D eigenvalue weighted by Crippen LogP contribution is 2.33. The largest absolute Gasteiger partial charge is 0.399 e. The van der Waals surface area contributed by atoms with Crippen LogP contribution in [0.3, 0.4) is 0 Å². The summed E-state index contributed by atoms with van der Waals surface area (Å²) in [6.07, 6.45) is 0.533. The minimum atomic E-state index is -0.621.